The molecule has 12 heavy (non-hydrogen) atoms. The molecule has 0 saturated heterocycles. The maximum atomic E-state index is 5.63. The number of hydrogen-bond acceptors (Lipinski definition) is 4. The molecule has 0 rings (SSSR count). The molecule has 5 heteroatoms. The molecule has 0 heterocycles. The molecule has 1 unspecified atom stereocenters. The quantitative estimate of drug-likeness (QED) is 0.668. The average Bonchev–Trinajstić information content (AvgIpc) is 2.08. The van der Waals surface area contributed by atoms with E-state index in [4.69, 9.17) is 15.7 Å². The van der Waals surface area contributed by atoms with Gasteiger partial charge < -0.3 is 0 Å². The first-order valence-electron chi connectivity index (χ1n) is 4.01. The van der Waals surface area contributed by atoms with Gasteiger partial charge in [0.2, 0.25) is 0 Å². The minimum absolute atomic E-state index is 0.176. The van der Waals surface area contributed by atoms with Crippen LogP contribution in [0, 0.1) is 0 Å². The summed E-state index contributed by atoms with van der Waals surface area (Å²) in [6.07, 6.45) is 0.884. The van der Waals surface area contributed by atoms with Gasteiger partial charge in [0.15, 0.2) is 0 Å². The molecule has 1 atom stereocenters. The van der Waals surface area contributed by atoms with Crippen molar-refractivity contribution in [2.75, 3.05) is 21.3 Å². The Morgan fingerprint density at radius 3 is 1.83 bits per heavy atom. The summed E-state index contributed by atoms with van der Waals surface area (Å²) in [6, 6.07) is 0.176. The summed E-state index contributed by atoms with van der Waals surface area (Å²) in [7, 11) is 4.90. The minimum atomic E-state index is -2.86. The zero-order valence-electron chi connectivity index (χ0n) is 8.29. The van der Waals surface area contributed by atoms with Crippen LogP contribution in [0.1, 0.15) is 13.3 Å². The van der Waals surface area contributed by atoms with E-state index in [-0.39, 0.29) is 6.04 Å². The molecule has 0 aromatic carbocycles. The van der Waals surface area contributed by atoms with Gasteiger partial charge in [-0.25, -0.2) is 0 Å². The van der Waals surface area contributed by atoms with Gasteiger partial charge in [0.05, 0.1) is 0 Å². The van der Waals surface area contributed by atoms with Crippen LogP contribution in [0.5, 0.6) is 0 Å². The predicted octanol–water partition coefficient (Wildman–Crippen LogP) is 0.980. The molecular formula is C7H19NO3Ti. The zero-order chi connectivity index (χ0) is 9.61. The van der Waals surface area contributed by atoms with E-state index in [1.54, 1.807) is 21.3 Å². The van der Waals surface area contributed by atoms with Crippen LogP contribution in [0.3, 0.4) is 0 Å². The number of hydrogen-bond donors (Lipinski definition) is 1. The molecule has 0 spiro atoms. The van der Waals surface area contributed by atoms with Gasteiger partial charge in [0, 0.05) is 0 Å². The molecule has 0 aliphatic rings. The van der Waals surface area contributed by atoms with Gasteiger partial charge in [-0.15, -0.1) is 0 Å². The van der Waals surface area contributed by atoms with Crippen LogP contribution < -0.4 is 5.73 Å². The van der Waals surface area contributed by atoms with Crippen molar-refractivity contribution in [2.24, 2.45) is 5.73 Å². The summed E-state index contributed by atoms with van der Waals surface area (Å²) in [5.41, 5.74) is 5.63. The topological polar surface area (TPSA) is 53.7 Å². The first kappa shape index (κ1) is 12.6. The molecule has 0 bridgehead atoms. The van der Waals surface area contributed by atoms with E-state index in [1.165, 1.54) is 0 Å². The fourth-order valence-corrected chi connectivity index (χ4v) is 3.96. The molecule has 4 nitrogen and oxygen atoms in total. The van der Waals surface area contributed by atoms with Crippen molar-refractivity contribution in [3.8, 4) is 0 Å². The van der Waals surface area contributed by atoms with Gasteiger partial charge in [-0.1, -0.05) is 0 Å². The summed E-state index contributed by atoms with van der Waals surface area (Å²) in [5.74, 6) is 0. The Hall–Kier alpha value is 0.554. The van der Waals surface area contributed by atoms with E-state index < -0.39 is 17.8 Å². The molecule has 2 N–H and O–H groups in total. The SMILES string of the molecule is C[O][Ti]([CH2]CC(C)N)([O]C)[O]C. The van der Waals surface area contributed by atoms with Gasteiger partial charge in [0.25, 0.3) is 0 Å². The molecular weight excluding hydrogens is 194 g/mol. The van der Waals surface area contributed by atoms with E-state index in [9.17, 15) is 0 Å². The molecule has 0 radical (unpaired) electrons. The van der Waals surface area contributed by atoms with Crippen LogP contribution in [0.25, 0.3) is 0 Å². The van der Waals surface area contributed by atoms with E-state index in [0.29, 0.717) is 0 Å². The van der Waals surface area contributed by atoms with Crippen molar-refractivity contribution in [1.82, 2.24) is 0 Å². The number of rotatable bonds is 6. The Bertz CT molecular complexity index is 109. The molecule has 0 aromatic rings. The Balaban J connectivity index is 3.93. The van der Waals surface area contributed by atoms with Crippen LogP contribution >= 0.6 is 0 Å². The van der Waals surface area contributed by atoms with E-state index in [2.05, 4.69) is 0 Å². The monoisotopic (exact) mass is 213 g/mol. The normalized spacial score (nSPS) is 14.8. The van der Waals surface area contributed by atoms with E-state index in [0.717, 1.165) is 11.1 Å². The van der Waals surface area contributed by atoms with Gasteiger partial charge in [-0.05, 0) is 0 Å². The van der Waals surface area contributed by atoms with Crippen LogP contribution in [0.15, 0.2) is 0 Å². The van der Waals surface area contributed by atoms with E-state index >= 15 is 0 Å². The van der Waals surface area contributed by atoms with Crippen molar-refractivity contribution in [3.05, 3.63) is 0 Å². The predicted molar refractivity (Wildman–Crippen MR) is 44.1 cm³/mol. The van der Waals surface area contributed by atoms with Gasteiger partial charge in [0.1, 0.15) is 0 Å². The second-order valence-corrected chi connectivity index (χ2v) is 7.64. The van der Waals surface area contributed by atoms with E-state index in [1.807, 2.05) is 6.92 Å². The van der Waals surface area contributed by atoms with Crippen molar-refractivity contribution in [2.45, 2.75) is 24.1 Å². The Kier molecular flexibility index (Phi) is 6.36. The average molecular weight is 213 g/mol. The third-order valence-electron chi connectivity index (χ3n) is 1.84. The summed E-state index contributed by atoms with van der Waals surface area (Å²) in [6.45, 7) is 1.97. The van der Waals surface area contributed by atoms with Gasteiger partial charge in [-0.3, -0.25) is 0 Å². The summed E-state index contributed by atoms with van der Waals surface area (Å²) in [5, 5.41) is 0. The Morgan fingerprint density at radius 2 is 1.58 bits per heavy atom. The molecule has 0 fully saturated rings. The molecule has 0 saturated carbocycles. The first-order valence-corrected chi connectivity index (χ1v) is 7.03. The van der Waals surface area contributed by atoms with Crippen molar-refractivity contribution in [3.63, 3.8) is 0 Å². The fraction of sp³-hybridized carbons (Fsp3) is 1.00. The van der Waals surface area contributed by atoms with Gasteiger partial charge in [-0.2, -0.15) is 0 Å². The first-order chi connectivity index (χ1) is 5.60. The zero-order valence-corrected chi connectivity index (χ0v) is 9.86. The molecule has 0 aromatic heterocycles. The Labute approximate surface area is 79.1 Å². The third kappa shape index (κ3) is 3.98. The molecule has 0 aliphatic carbocycles. The standard InChI is InChI=1S/C4H10N.3CH3O.Ti/c1-3-4(2)5;3*1-2;/h4H,1,3,5H2,2H3;3*1H3;/q;3*-1;+3. The van der Waals surface area contributed by atoms with Gasteiger partial charge >= 0.3 is 78.9 Å². The van der Waals surface area contributed by atoms with Crippen LogP contribution in [0.4, 0.5) is 0 Å². The molecule has 0 amide bonds. The second kappa shape index (κ2) is 6.08. The molecule has 74 valence electrons. The molecule has 0 aliphatic heterocycles. The van der Waals surface area contributed by atoms with Crippen LogP contribution in [-0.4, -0.2) is 27.4 Å². The Morgan fingerprint density at radius 1 is 1.17 bits per heavy atom. The summed E-state index contributed by atoms with van der Waals surface area (Å²) >= 11 is -2.86. The second-order valence-electron chi connectivity index (χ2n) is 2.81. The maximum absolute atomic E-state index is 5.63. The van der Waals surface area contributed by atoms with Crippen molar-refractivity contribution >= 4 is 0 Å². The number of nitrogens with two attached hydrogens (primary N) is 1. The third-order valence-corrected chi connectivity index (χ3v) is 6.16. The van der Waals surface area contributed by atoms with Crippen LogP contribution in [-0.2, 0) is 27.7 Å². The van der Waals surface area contributed by atoms with Crippen molar-refractivity contribution in [1.29, 1.82) is 0 Å². The van der Waals surface area contributed by atoms with Crippen LogP contribution in [0.2, 0.25) is 4.73 Å². The summed E-state index contributed by atoms with van der Waals surface area (Å²) < 4.78 is 16.6. The summed E-state index contributed by atoms with van der Waals surface area (Å²) in [4.78, 5) is 0. The van der Waals surface area contributed by atoms with Crippen molar-refractivity contribution < 1.29 is 27.7 Å². The fourth-order valence-electron chi connectivity index (χ4n) is 0.961.